The van der Waals surface area contributed by atoms with E-state index < -0.39 is 0 Å². The molecule has 0 saturated carbocycles. The molecule has 0 unspecified atom stereocenters. The lowest BCUT2D eigenvalue weighted by atomic mass is 10.0. The molecule has 3 nitrogen and oxygen atoms in total. The van der Waals surface area contributed by atoms with Crippen LogP contribution in [-0.4, -0.2) is 12.5 Å². The maximum Gasteiger partial charge on any atom is 0.260 e. The number of benzene rings is 4. The van der Waals surface area contributed by atoms with Gasteiger partial charge in [0, 0.05) is 5.69 Å². The minimum Gasteiger partial charge on any atom is -0.493 e. The van der Waals surface area contributed by atoms with Gasteiger partial charge in [-0.3, -0.25) is 4.79 Å². The Hall–Kier alpha value is -3.33. The molecule has 1 amide bonds. The van der Waals surface area contributed by atoms with E-state index in [9.17, 15) is 4.79 Å². The van der Waals surface area contributed by atoms with E-state index in [4.69, 9.17) is 4.74 Å². The van der Waals surface area contributed by atoms with Crippen LogP contribution in [-0.2, 0) is 0 Å². The van der Waals surface area contributed by atoms with Crippen molar-refractivity contribution in [3.05, 3.63) is 84.4 Å². The Balaban J connectivity index is 1.75. The summed E-state index contributed by atoms with van der Waals surface area (Å²) in [6, 6.07) is 25.7. The Labute approximate surface area is 152 Å². The van der Waals surface area contributed by atoms with Crippen molar-refractivity contribution in [1.29, 1.82) is 0 Å². The van der Waals surface area contributed by atoms with Gasteiger partial charge < -0.3 is 10.1 Å². The van der Waals surface area contributed by atoms with Gasteiger partial charge in [-0.1, -0.05) is 60.7 Å². The van der Waals surface area contributed by atoms with E-state index in [-0.39, 0.29) is 5.91 Å². The molecule has 0 aliphatic heterocycles. The van der Waals surface area contributed by atoms with Crippen LogP contribution in [0.1, 0.15) is 17.3 Å². The summed E-state index contributed by atoms with van der Waals surface area (Å²) in [6.45, 7) is 2.43. The number of carbonyl (C=O) groups is 1. The summed E-state index contributed by atoms with van der Waals surface area (Å²) in [5, 5.41) is 7.16. The average molecular weight is 341 g/mol. The summed E-state index contributed by atoms with van der Waals surface area (Å²) < 4.78 is 5.71. The molecule has 0 radical (unpaired) electrons. The van der Waals surface area contributed by atoms with E-state index >= 15 is 0 Å². The molecule has 0 saturated heterocycles. The molecule has 1 N–H and O–H groups in total. The van der Waals surface area contributed by atoms with Gasteiger partial charge in [0.25, 0.3) is 5.91 Å². The highest BCUT2D eigenvalue weighted by molar-refractivity contribution is 6.15. The molecule has 0 bridgehead atoms. The predicted molar refractivity (Wildman–Crippen MR) is 107 cm³/mol. The second kappa shape index (κ2) is 6.89. The van der Waals surface area contributed by atoms with Crippen molar-refractivity contribution >= 4 is 33.1 Å². The summed E-state index contributed by atoms with van der Waals surface area (Å²) in [6.07, 6.45) is 0. The van der Waals surface area contributed by atoms with Crippen LogP contribution in [0, 0.1) is 0 Å². The van der Waals surface area contributed by atoms with Gasteiger partial charge in [-0.2, -0.15) is 0 Å². The quantitative estimate of drug-likeness (QED) is 0.521. The molecule has 4 aromatic rings. The van der Waals surface area contributed by atoms with Gasteiger partial charge in [0.05, 0.1) is 12.2 Å². The molecule has 4 rings (SSSR count). The lowest BCUT2D eigenvalue weighted by Gasteiger charge is -2.14. The molecule has 0 aliphatic rings. The first-order valence-electron chi connectivity index (χ1n) is 8.71. The molecule has 0 fully saturated rings. The Morgan fingerprint density at radius 3 is 2.35 bits per heavy atom. The number of nitrogens with one attached hydrogen (secondary N) is 1. The molecule has 0 heterocycles. The average Bonchev–Trinajstić information content (AvgIpc) is 2.68. The first kappa shape index (κ1) is 16.2. The largest absolute Gasteiger partial charge is 0.493 e. The van der Waals surface area contributed by atoms with Crippen molar-refractivity contribution in [3.8, 4) is 5.75 Å². The fraction of sp³-hybridized carbons (Fsp3) is 0.0870. The fourth-order valence-electron chi connectivity index (χ4n) is 3.22. The fourth-order valence-corrected chi connectivity index (χ4v) is 3.22. The van der Waals surface area contributed by atoms with Crippen molar-refractivity contribution in [2.45, 2.75) is 6.92 Å². The summed E-state index contributed by atoms with van der Waals surface area (Å²) in [7, 11) is 0. The highest BCUT2D eigenvalue weighted by Crippen LogP contribution is 2.29. The van der Waals surface area contributed by atoms with Gasteiger partial charge >= 0.3 is 0 Å². The van der Waals surface area contributed by atoms with Gasteiger partial charge in [-0.15, -0.1) is 0 Å². The Morgan fingerprint density at radius 1 is 0.846 bits per heavy atom. The minimum atomic E-state index is -0.166. The molecular weight excluding hydrogens is 322 g/mol. The standard InChI is InChI=1S/C23H19NO2/c1-2-26-21-14-12-17-8-5-6-10-20(17)22(21)23(25)24-19-13-11-16-7-3-4-9-18(16)15-19/h3-15H,2H2,1H3,(H,24,25). The molecule has 26 heavy (non-hydrogen) atoms. The lowest BCUT2D eigenvalue weighted by molar-refractivity contribution is 0.102. The molecule has 3 heteroatoms. The van der Waals surface area contributed by atoms with Crippen molar-refractivity contribution < 1.29 is 9.53 Å². The van der Waals surface area contributed by atoms with Crippen molar-refractivity contribution in [3.63, 3.8) is 0 Å². The van der Waals surface area contributed by atoms with E-state index in [0.717, 1.165) is 27.2 Å². The van der Waals surface area contributed by atoms with E-state index in [1.165, 1.54) is 0 Å². The van der Waals surface area contributed by atoms with Crippen LogP contribution in [0.3, 0.4) is 0 Å². The van der Waals surface area contributed by atoms with Gasteiger partial charge in [-0.25, -0.2) is 0 Å². The summed E-state index contributed by atoms with van der Waals surface area (Å²) in [4.78, 5) is 13.1. The van der Waals surface area contributed by atoms with Crippen LogP contribution < -0.4 is 10.1 Å². The third-order valence-corrected chi connectivity index (χ3v) is 4.43. The number of carbonyl (C=O) groups excluding carboxylic acids is 1. The zero-order valence-corrected chi connectivity index (χ0v) is 14.5. The monoisotopic (exact) mass is 341 g/mol. The van der Waals surface area contributed by atoms with Crippen LogP contribution >= 0.6 is 0 Å². The zero-order valence-electron chi connectivity index (χ0n) is 14.5. The molecule has 128 valence electrons. The first-order chi connectivity index (χ1) is 12.8. The number of fused-ring (bicyclic) bond motifs is 2. The summed E-state index contributed by atoms with van der Waals surface area (Å²) in [5.74, 6) is 0.435. The van der Waals surface area contributed by atoms with Gasteiger partial charge in [0.1, 0.15) is 5.75 Å². The maximum absolute atomic E-state index is 13.1. The smallest absolute Gasteiger partial charge is 0.260 e. The van der Waals surface area contributed by atoms with E-state index in [1.54, 1.807) is 0 Å². The topological polar surface area (TPSA) is 38.3 Å². The predicted octanol–water partition coefficient (Wildman–Crippen LogP) is 5.64. The van der Waals surface area contributed by atoms with E-state index in [2.05, 4.69) is 11.4 Å². The molecule has 4 aromatic carbocycles. The highest BCUT2D eigenvalue weighted by Gasteiger charge is 2.17. The lowest BCUT2D eigenvalue weighted by Crippen LogP contribution is -2.14. The van der Waals surface area contributed by atoms with Crippen LogP contribution in [0.5, 0.6) is 5.75 Å². The van der Waals surface area contributed by atoms with E-state index in [1.807, 2.05) is 79.7 Å². The second-order valence-corrected chi connectivity index (χ2v) is 6.11. The molecule has 0 spiro atoms. The van der Waals surface area contributed by atoms with Crippen molar-refractivity contribution in [2.75, 3.05) is 11.9 Å². The van der Waals surface area contributed by atoms with Crippen LogP contribution in [0.25, 0.3) is 21.5 Å². The maximum atomic E-state index is 13.1. The first-order valence-corrected chi connectivity index (χ1v) is 8.71. The van der Waals surface area contributed by atoms with Crippen LogP contribution in [0.15, 0.2) is 78.9 Å². The number of hydrogen-bond donors (Lipinski definition) is 1. The third-order valence-electron chi connectivity index (χ3n) is 4.43. The van der Waals surface area contributed by atoms with Gasteiger partial charge in [-0.05, 0) is 46.7 Å². The Kier molecular flexibility index (Phi) is 4.28. The number of anilines is 1. The van der Waals surface area contributed by atoms with Crippen LogP contribution in [0.4, 0.5) is 5.69 Å². The zero-order chi connectivity index (χ0) is 17.9. The van der Waals surface area contributed by atoms with Crippen molar-refractivity contribution in [1.82, 2.24) is 0 Å². The van der Waals surface area contributed by atoms with Crippen molar-refractivity contribution in [2.24, 2.45) is 0 Å². The second-order valence-electron chi connectivity index (χ2n) is 6.11. The third kappa shape index (κ3) is 3.00. The normalized spacial score (nSPS) is 10.8. The van der Waals surface area contributed by atoms with Gasteiger partial charge in [0.15, 0.2) is 0 Å². The van der Waals surface area contributed by atoms with E-state index in [0.29, 0.717) is 17.9 Å². The SMILES string of the molecule is CCOc1ccc2ccccc2c1C(=O)Nc1ccc2ccccc2c1. The number of hydrogen-bond acceptors (Lipinski definition) is 2. The molecule has 0 aliphatic carbocycles. The summed E-state index contributed by atoms with van der Waals surface area (Å²) in [5.41, 5.74) is 1.34. The number of amides is 1. The molecular formula is C23H19NO2. The Bertz CT molecular complexity index is 1100. The number of ether oxygens (including phenoxy) is 1. The van der Waals surface area contributed by atoms with Gasteiger partial charge in [0.2, 0.25) is 0 Å². The highest BCUT2D eigenvalue weighted by atomic mass is 16.5. The Morgan fingerprint density at radius 2 is 1.54 bits per heavy atom. The molecule has 0 atom stereocenters. The minimum absolute atomic E-state index is 0.166. The van der Waals surface area contributed by atoms with Crippen LogP contribution in [0.2, 0.25) is 0 Å². The number of rotatable bonds is 4. The molecule has 0 aromatic heterocycles. The summed E-state index contributed by atoms with van der Waals surface area (Å²) >= 11 is 0.